The number of amidine groups is 1. The summed E-state index contributed by atoms with van der Waals surface area (Å²) in [4.78, 5) is 95.1. The van der Waals surface area contributed by atoms with Gasteiger partial charge in [0, 0.05) is 18.4 Å². The predicted molar refractivity (Wildman–Crippen MR) is 255 cm³/mol. The maximum absolute atomic E-state index is 14.0. The molecular formula is C45H57N7O17S2. The molecule has 3 aromatic rings. The number of benzene rings is 2. The van der Waals surface area contributed by atoms with Crippen LogP contribution in [0.1, 0.15) is 72.2 Å². The lowest BCUT2D eigenvalue weighted by molar-refractivity contribution is -0.179. The van der Waals surface area contributed by atoms with Gasteiger partial charge in [0.2, 0.25) is 11.0 Å². The number of oxime groups is 1. The standard InChI is InChI=1S/C45H57N7O17S2/c1-43(2,3)67-39(56)45(7,8)69-50-35(31-25-70-40(47-31)49-42(58)68-44(4,5)6)37(54)48-36-32(52(38(36)55)71(59,60)61)20-46-41(57)65-24-28-19-33(53)34(64-22-26-11-15-29(62-9)16-12-26)21-51(28)66-23-27-13-17-30(63-10)18-14-27/h11-19,21,31-32,36H,20,22-25H2,1-10H3,(H,46,57)(H,48,54)(H,47,49,58)(H,59,60,61)/b50-35-/t31?,32-,36+/m1/s1. The van der Waals surface area contributed by atoms with E-state index in [1.54, 1.807) is 90.1 Å². The number of hydrogen-bond acceptors (Lipinski definition) is 19. The van der Waals surface area contributed by atoms with E-state index in [1.165, 1.54) is 39.0 Å². The highest BCUT2D eigenvalue weighted by Gasteiger charge is 2.54. The number of methoxy groups -OCH3 is 2. The predicted octanol–water partition coefficient (Wildman–Crippen LogP) is 3.29. The highest BCUT2D eigenvalue weighted by molar-refractivity contribution is 8.14. The Hall–Kier alpha value is -7.06. The summed E-state index contributed by atoms with van der Waals surface area (Å²) >= 11 is 1.00. The molecular weight excluding hydrogens is 975 g/mol. The molecule has 1 fully saturated rings. The fourth-order valence-corrected chi connectivity index (χ4v) is 7.99. The third-order valence-electron chi connectivity index (χ3n) is 9.72. The molecule has 1 unspecified atom stereocenters. The zero-order valence-corrected chi connectivity index (χ0v) is 42.3. The topological polar surface area (TPSA) is 300 Å². The smallest absolute Gasteiger partial charge is 0.413 e. The van der Waals surface area contributed by atoms with Gasteiger partial charge in [0.05, 0.1) is 32.2 Å². The number of aliphatic imine (C=N–C) groups is 1. The highest BCUT2D eigenvalue weighted by Crippen LogP contribution is 2.26. The number of β-lactam (4-membered cyclic amide) rings is 1. The fraction of sp³-hybridized carbons (Fsp3) is 0.467. The van der Waals surface area contributed by atoms with E-state index in [9.17, 15) is 41.7 Å². The average Bonchev–Trinajstić information content (AvgIpc) is 3.73. The molecule has 3 atom stereocenters. The van der Waals surface area contributed by atoms with Gasteiger partial charge in [-0.3, -0.25) is 29.2 Å². The molecule has 71 heavy (non-hydrogen) atoms. The number of hydrogen-bond donors (Lipinski definition) is 4. The minimum Gasteiger partial charge on any atom is -0.497 e. The van der Waals surface area contributed by atoms with Crippen molar-refractivity contribution in [3.8, 4) is 17.2 Å². The molecule has 4 N–H and O–H groups in total. The molecule has 0 saturated carbocycles. The number of nitrogens with zero attached hydrogens (tertiary/aromatic N) is 4. The molecule has 0 bridgehead atoms. The molecule has 4 amide bonds. The first kappa shape index (κ1) is 54.9. The lowest BCUT2D eigenvalue weighted by Crippen LogP contribution is -2.74. The van der Waals surface area contributed by atoms with Crippen molar-refractivity contribution in [3.05, 3.63) is 87.8 Å². The van der Waals surface area contributed by atoms with Crippen LogP contribution in [-0.2, 0) is 63.6 Å². The van der Waals surface area contributed by atoms with Gasteiger partial charge >= 0.3 is 28.5 Å². The van der Waals surface area contributed by atoms with Crippen LogP contribution in [-0.4, -0.2) is 124 Å². The van der Waals surface area contributed by atoms with Crippen molar-refractivity contribution in [2.75, 3.05) is 26.5 Å². The summed E-state index contributed by atoms with van der Waals surface area (Å²) < 4.78 is 68.2. The summed E-state index contributed by atoms with van der Waals surface area (Å²) in [7, 11) is -2.20. The van der Waals surface area contributed by atoms with Crippen molar-refractivity contribution < 1.29 is 75.0 Å². The van der Waals surface area contributed by atoms with Crippen LogP contribution in [0, 0.1) is 0 Å². The van der Waals surface area contributed by atoms with Gasteiger partial charge in [-0.25, -0.2) is 18.7 Å². The SMILES string of the molecule is COc1ccc(COc2cn(OCc3ccc(OC)cc3)c(COC(=O)NC[C@@H]3[C@H](NC(=O)/C(=N\OC(C)(C)C(=O)OC(C)(C)C)C4CSC(NC(=O)OC(C)(C)C)=N4)C(=O)N3S(=O)(=O)O)cc2=O)cc1. The summed E-state index contributed by atoms with van der Waals surface area (Å²) in [6, 6.07) is 10.5. The summed E-state index contributed by atoms with van der Waals surface area (Å²) in [6.45, 7) is 11.2. The Morgan fingerprint density at radius 3 is 2.00 bits per heavy atom. The molecule has 0 aliphatic carbocycles. The Kier molecular flexibility index (Phi) is 17.6. The number of ether oxygens (including phenoxy) is 6. The van der Waals surface area contributed by atoms with Crippen LogP contribution in [0.4, 0.5) is 9.59 Å². The minimum absolute atomic E-state index is 0.0116. The monoisotopic (exact) mass is 1030 g/mol. The van der Waals surface area contributed by atoms with Crippen molar-refractivity contribution in [2.24, 2.45) is 10.1 Å². The molecule has 2 aromatic carbocycles. The first-order valence-electron chi connectivity index (χ1n) is 21.7. The van der Waals surface area contributed by atoms with Crippen molar-refractivity contribution in [2.45, 2.75) is 110 Å². The van der Waals surface area contributed by atoms with E-state index in [2.05, 4.69) is 26.1 Å². The van der Waals surface area contributed by atoms with Crippen LogP contribution in [0.5, 0.6) is 17.2 Å². The van der Waals surface area contributed by atoms with Gasteiger partial charge in [0.15, 0.2) is 16.6 Å². The molecule has 1 aromatic heterocycles. The highest BCUT2D eigenvalue weighted by atomic mass is 32.2. The van der Waals surface area contributed by atoms with E-state index in [-0.39, 0.29) is 39.9 Å². The van der Waals surface area contributed by atoms with Crippen molar-refractivity contribution in [1.82, 2.24) is 25.0 Å². The minimum atomic E-state index is -5.25. The van der Waals surface area contributed by atoms with Crippen LogP contribution in [0.15, 0.2) is 75.7 Å². The summed E-state index contributed by atoms with van der Waals surface area (Å²) in [6.07, 6.45) is -0.746. The van der Waals surface area contributed by atoms with E-state index in [0.717, 1.165) is 23.4 Å². The van der Waals surface area contributed by atoms with Gasteiger partial charge in [-0.2, -0.15) is 13.1 Å². The quantitative estimate of drug-likeness (QED) is 0.0334. The number of rotatable bonds is 19. The molecule has 0 radical (unpaired) electrons. The van der Waals surface area contributed by atoms with Crippen LogP contribution in [0.25, 0.3) is 0 Å². The molecule has 26 heteroatoms. The number of alkyl carbamates (subject to hydrolysis) is 2. The second-order valence-electron chi connectivity index (χ2n) is 18.1. The number of esters is 1. The van der Waals surface area contributed by atoms with E-state index in [1.807, 2.05) is 0 Å². The Bertz CT molecular complexity index is 2680. The lowest BCUT2D eigenvalue weighted by atomic mass is 9.98. The third kappa shape index (κ3) is 15.7. The first-order chi connectivity index (χ1) is 33.2. The van der Waals surface area contributed by atoms with E-state index < -0.39 is 99.5 Å². The van der Waals surface area contributed by atoms with Crippen molar-refractivity contribution >= 4 is 62.9 Å². The number of carbonyl (C=O) groups is 5. The fourth-order valence-electron chi connectivity index (χ4n) is 6.21. The summed E-state index contributed by atoms with van der Waals surface area (Å²) in [5.41, 5.74) is -3.18. The zero-order valence-electron chi connectivity index (χ0n) is 40.6. The molecule has 24 nitrogen and oxygen atoms in total. The van der Waals surface area contributed by atoms with Gasteiger partial charge in [0.1, 0.15) is 54.6 Å². The lowest BCUT2D eigenvalue weighted by Gasteiger charge is -2.44. The number of aromatic nitrogens is 1. The summed E-state index contributed by atoms with van der Waals surface area (Å²) in [5, 5.41) is 11.1. The maximum Gasteiger partial charge on any atom is 0.413 e. The number of nitrogens with one attached hydrogen (secondary N) is 3. The van der Waals surface area contributed by atoms with Gasteiger partial charge in [-0.1, -0.05) is 41.2 Å². The molecule has 1 saturated heterocycles. The summed E-state index contributed by atoms with van der Waals surface area (Å²) in [5.74, 6) is -2.15. The number of amides is 4. The van der Waals surface area contributed by atoms with Crippen LogP contribution in [0.2, 0.25) is 0 Å². The van der Waals surface area contributed by atoms with Crippen molar-refractivity contribution in [3.63, 3.8) is 0 Å². The number of thioether (sulfide) groups is 1. The second-order valence-corrected chi connectivity index (χ2v) is 20.4. The second kappa shape index (κ2) is 22.8. The van der Waals surface area contributed by atoms with Crippen LogP contribution < -0.4 is 40.4 Å². The number of pyridine rings is 1. The van der Waals surface area contributed by atoms with Crippen molar-refractivity contribution in [1.29, 1.82) is 0 Å². The Morgan fingerprint density at radius 1 is 0.845 bits per heavy atom. The molecule has 2 aliphatic heterocycles. The zero-order chi connectivity index (χ0) is 52.5. The Labute approximate surface area is 413 Å². The van der Waals surface area contributed by atoms with Gasteiger partial charge < -0.3 is 48.7 Å². The largest absolute Gasteiger partial charge is 0.497 e. The Balaban J connectivity index is 1.32. The molecule has 386 valence electrons. The molecule has 0 spiro atoms. The molecule has 2 aliphatic rings. The molecule has 5 rings (SSSR count). The first-order valence-corrected chi connectivity index (χ1v) is 24.0. The third-order valence-corrected chi connectivity index (χ3v) is 11.6. The van der Waals surface area contributed by atoms with E-state index in [0.29, 0.717) is 17.1 Å². The average molecular weight is 1030 g/mol. The van der Waals surface area contributed by atoms with E-state index >= 15 is 0 Å². The number of carbonyl (C=O) groups excluding carboxylic acids is 5. The van der Waals surface area contributed by atoms with Crippen LogP contribution >= 0.6 is 11.8 Å². The van der Waals surface area contributed by atoms with Gasteiger partial charge in [-0.15, -0.1) is 0 Å². The van der Waals surface area contributed by atoms with Crippen LogP contribution in [0.3, 0.4) is 0 Å². The van der Waals surface area contributed by atoms with E-state index in [4.69, 9.17) is 38.1 Å². The maximum atomic E-state index is 14.0. The normalized spacial score (nSPS) is 17.2. The van der Waals surface area contributed by atoms with Gasteiger partial charge in [-0.05, 0) is 90.8 Å². The molecule has 3 heterocycles. The van der Waals surface area contributed by atoms with Gasteiger partial charge in [0.25, 0.3) is 11.8 Å². The Morgan fingerprint density at radius 2 is 1.44 bits per heavy atom.